The summed E-state index contributed by atoms with van der Waals surface area (Å²) < 4.78 is 37.5. The smallest absolute Gasteiger partial charge is 0.274 e. The number of nitrogens with one attached hydrogen (secondary N) is 1. The molecule has 0 atom stereocenters. The summed E-state index contributed by atoms with van der Waals surface area (Å²) in [7, 11) is -3.84. The molecule has 0 saturated heterocycles. The lowest BCUT2D eigenvalue weighted by molar-refractivity contribution is 0.102. The van der Waals surface area contributed by atoms with Crippen LogP contribution >= 0.6 is 0 Å². The molecule has 4 rings (SSSR count). The molecule has 0 spiro atoms. The van der Waals surface area contributed by atoms with E-state index in [0.717, 1.165) is 3.97 Å². The number of amides is 1. The van der Waals surface area contributed by atoms with Gasteiger partial charge in [-0.2, -0.15) is 0 Å². The van der Waals surface area contributed by atoms with Crippen LogP contribution in [0.5, 0.6) is 11.5 Å². The number of rotatable bonds is 4. The third-order valence-electron chi connectivity index (χ3n) is 3.91. The van der Waals surface area contributed by atoms with E-state index in [4.69, 9.17) is 9.47 Å². The lowest BCUT2D eigenvalue weighted by Crippen LogP contribution is -2.17. The quantitative estimate of drug-likeness (QED) is 0.703. The van der Waals surface area contributed by atoms with Crippen molar-refractivity contribution in [1.82, 2.24) is 8.96 Å². The van der Waals surface area contributed by atoms with Crippen molar-refractivity contribution in [3.8, 4) is 11.5 Å². The molecule has 3 aromatic rings. The minimum atomic E-state index is -3.84. The highest BCUT2D eigenvalue weighted by Gasteiger charge is 2.21. The minimum Gasteiger partial charge on any atom is -0.486 e. The normalized spacial score (nSPS) is 12.5. The van der Waals surface area contributed by atoms with Gasteiger partial charge >= 0.3 is 0 Å². The molecular weight excluding hydrogens is 394 g/mol. The molecule has 0 radical (unpaired) electrons. The van der Waals surface area contributed by atoms with Crippen molar-refractivity contribution in [3.63, 3.8) is 0 Å². The predicted octanol–water partition coefficient (Wildman–Crippen LogP) is 3.17. The number of ether oxygens (including phenoxy) is 2. The maximum atomic E-state index is 12.8. The zero-order chi connectivity index (χ0) is 20.9. The fraction of sp³-hybridized carbons (Fsp3) is 0.200. The molecule has 3 heterocycles. The summed E-state index contributed by atoms with van der Waals surface area (Å²) in [6, 6.07) is 10.9. The van der Waals surface area contributed by atoms with Crippen molar-refractivity contribution in [1.29, 1.82) is 0 Å². The van der Waals surface area contributed by atoms with Crippen LogP contribution in [0, 0.1) is 0 Å². The van der Waals surface area contributed by atoms with Gasteiger partial charge in [0.15, 0.2) is 11.5 Å². The summed E-state index contributed by atoms with van der Waals surface area (Å²) in [5.41, 5.74) is 0.576. The van der Waals surface area contributed by atoms with E-state index in [9.17, 15) is 13.2 Å². The second kappa shape index (κ2) is 8.78. The number of carbonyl (C=O) groups is 1. The highest BCUT2D eigenvalue weighted by atomic mass is 32.2. The molecule has 29 heavy (non-hydrogen) atoms. The largest absolute Gasteiger partial charge is 0.486 e. The Balaban J connectivity index is 0.00000117. The highest BCUT2D eigenvalue weighted by Crippen LogP contribution is 2.33. The first kappa shape index (κ1) is 20.4. The van der Waals surface area contributed by atoms with Crippen molar-refractivity contribution in [3.05, 3.63) is 66.7 Å². The van der Waals surface area contributed by atoms with Crippen molar-refractivity contribution < 1.29 is 22.7 Å². The Morgan fingerprint density at radius 2 is 1.83 bits per heavy atom. The average molecular weight is 415 g/mol. The van der Waals surface area contributed by atoms with E-state index in [-0.39, 0.29) is 10.6 Å². The molecule has 1 aliphatic heterocycles. The maximum Gasteiger partial charge on any atom is 0.274 e. The van der Waals surface area contributed by atoms with Crippen molar-refractivity contribution in [2.45, 2.75) is 18.7 Å². The summed E-state index contributed by atoms with van der Waals surface area (Å²) >= 11 is 0. The lowest BCUT2D eigenvalue weighted by Gasteiger charge is -2.18. The van der Waals surface area contributed by atoms with Gasteiger partial charge in [-0.05, 0) is 30.3 Å². The SMILES string of the molecule is CC.O=C(Nc1ccn(S(=O)(=O)c2ccc3c(c2)OCCO3)c1)c1ccccn1. The van der Waals surface area contributed by atoms with E-state index in [1.165, 1.54) is 36.8 Å². The first-order valence-corrected chi connectivity index (χ1v) is 10.5. The third kappa shape index (κ3) is 4.40. The van der Waals surface area contributed by atoms with Crippen LogP contribution in [-0.2, 0) is 10.0 Å². The lowest BCUT2D eigenvalue weighted by atomic mass is 10.3. The Hall–Kier alpha value is -3.33. The molecule has 0 bridgehead atoms. The second-order valence-corrected chi connectivity index (χ2v) is 7.55. The summed E-state index contributed by atoms with van der Waals surface area (Å²) in [5.74, 6) is 0.472. The fourth-order valence-corrected chi connectivity index (χ4v) is 3.81. The van der Waals surface area contributed by atoms with E-state index in [1.807, 2.05) is 13.8 Å². The summed E-state index contributed by atoms with van der Waals surface area (Å²) in [6.07, 6.45) is 4.19. The first-order valence-electron chi connectivity index (χ1n) is 9.10. The number of pyridine rings is 1. The Morgan fingerprint density at radius 3 is 2.55 bits per heavy atom. The Labute approximate surface area is 169 Å². The van der Waals surface area contributed by atoms with Crippen molar-refractivity contribution in [2.24, 2.45) is 0 Å². The number of benzene rings is 1. The molecule has 8 nitrogen and oxygen atoms in total. The number of carbonyl (C=O) groups excluding carboxylic acids is 1. The van der Waals surface area contributed by atoms with Gasteiger partial charge in [-0.1, -0.05) is 19.9 Å². The molecule has 9 heteroatoms. The zero-order valence-corrected chi connectivity index (χ0v) is 16.8. The van der Waals surface area contributed by atoms with Crippen LogP contribution in [0.2, 0.25) is 0 Å². The van der Waals surface area contributed by atoms with Gasteiger partial charge in [0, 0.05) is 24.7 Å². The van der Waals surface area contributed by atoms with Crippen molar-refractivity contribution in [2.75, 3.05) is 18.5 Å². The number of fused-ring (bicyclic) bond motifs is 1. The second-order valence-electron chi connectivity index (χ2n) is 5.71. The molecule has 1 N–H and O–H groups in total. The molecule has 1 aliphatic rings. The van der Waals surface area contributed by atoms with Crippen LogP contribution in [-0.4, -0.2) is 36.5 Å². The van der Waals surface area contributed by atoms with E-state index in [2.05, 4.69) is 10.3 Å². The molecular formula is C20H21N3O5S. The first-order chi connectivity index (χ1) is 14.0. The molecule has 0 fully saturated rings. The van der Waals surface area contributed by atoms with Crippen LogP contribution in [0.3, 0.4) is 0 Å². The van der Waals surface area contributed by atoms with Crippen LogP contribution in [0.25, 0.3) is 0 Å². The minimum absolute atomic E-state index is 0.0601. The van der Waals surface area contributed by atoms with Gasteiger partial charge in [0.1, 0.15) is 18.9 Å². The fourth-order valence-electron chi connectivity index (χ4n) is 2.60. The molecule has 1 amide bonds. The zero-order valence-electron chi connectivity index (χ0n) is 16.0. The predicted molar refractivity (Wildman–Crippen MR) is 108 cm³/mol. The van der Waals surface area contributed by atoms with E-state index in [0.29, 0.717) is 30.4 Å². The molecule has 152 valence electrons. The van der Waals surface area contributed by atoms with Gasteiger partial charge in [-0.25, -0.2) is 12.4 Å². The molecule has 0 aliphatic carbocycles. The number of nitrogens with zero attached hydrogens (tertiary/aromatic N) is 2. The average Bonchev–Trinajstić information content (AvgIpc) is 3.25. The number of aromatic nitrogens is 2. The van der Waals surface area contributed by atoms with Crippen molar-refractivity contribution >= 4 is 21.6 Å². The topological polar surface area (TPSA) is 99.5 Å². The summed E-state index contributed by atoms with van der Waals surface area (Å²) in [4.78, 5) is 16.2. The maximum absolute atomic E-state index is 12.8. The standard InChI is InChI=1S/C18H15N3O5S.C2H6/c22-18(15-3-1-2-7-19-15)20-13-6-8-21(12-13)27(23,24)14-4-5-16-17(11-14)26-10-9-25-16;1-2/h1-8,11-12H,9-10H2,(H,20,22);1-2H3. The molecule has 0 unspecified atom stereocenters. The van der Waals surface area contributed by atoms with Gasteiger partial charge in [-0.15, -0.1) is 0 Å². The summed E-state index contributed by atoms with van der Waals surface area (Å²) in [5, 5.41) is 2.62. The summed E-state index contributed by atoms with van der Waals surface area (Å²) in [6.45, 7) is 4.79. The van der Waals surface area contributed by atoms with Crippen LogP contribution in [0.15, 0.2) is 66.0 Å². The number of hydrogen-bond acceptors (Lipinski definition) is 6. The van der Waals surface area contributed by atoms with Gasteiger partial charge in [0.2, 0.25) is 0 Å². The third-order valence-corrected chi connectivity index (χ3v) is 5.54. The monoisotopic (exact) mass is 415 g/mol. The highest BCUT2D eigenvalue weighted by molar-refractivity contribution is 7.90. The number of hydrogen-bond donors (Lipinski definition) is 1. The van der Waals surface area contributed by atoms with Gasteiger partial charge in [0.05, 0.1) is 10.6 Å². The van der Waals surface area contributed by atoms with E-state index in [1.54, 1.807) is 24.3 Å². The van der Waals surface area contributed by atoms with Gasteiger partial charge in [0.25, 0.3) is 15.9 Å². The van der Waals surface area contributed by atoms with E-state index >= 15 is 0 Å². The van der Waals surface area contributed by atoms with Crippen LogP contribution in [0.1, 0.15) is 24.3 Å². The molecule has 2 aromatic heterocycles. The van der Waals surface area contributed by atoms with E-state index < -0.39 is 15.9 Å². The van der Waals surface area contributed by atoms with Crippen LogP contribution < -0.4 is 14.8 Å². The molecule has 0 saturated carbocycles. The van der Waals surface area contributed by atoms with Gasteiger partial charge < -0.3 is 14.8 Å². The Morgan fingerprint density at radius 1 is 1.07 bits per heavy atom. The van der Waals surface area contributed by atoms with Crippen LogP contribution in [0.4, 0.5) is 5.69 Å². The van der Waals surface area contributed by atoms with Gasteiger partial charge in [-0.3, -0.25) is 9.78 Å². The Kier molecular flexibility index (Phi) is 6.18. The molecule has 1 aromatic carbocycles. The number of anilines is 1. The Bertz CT molecular complexity index is 1090.